The number of amidine groups is 1. The minimum absolute atomic E-state index is 0.0264. The van der Waals surface area contributed by atoms with Crippen molar-refractivity contribution in [3.63, 3.8) is 0 Å². The number of aryl methyl sites for hydroxylation is 2. The van der Waals surface area contributed by atoms with E-state index < -0.39 is 0 Å². The summed E-state index contributed by atoms with van der Waals surface area (Å²) in [6.45, 7) is 3.89. The van der Waals surface area contributed by atoms with E-state index in [9.17, 15) is 0 Å². The molecule has 2 aromatic rings. The number of halogens is 1. The summed E-state index contributed by atoms with van der Waals surface area (Å²) in [5.41, 5.74) is 8.25. The fourth-order valence-corrected chi connectivity index (χ4v) is 2.31. The Kier molecular flexibility index (Phi) is 4.29. The number of rotatable bonds is 3. The van der Waals surface area contributed by atoms with E-state index in [-0.39, 0.29) is 5.84 Å². The van der Waals surface area contributed by atoms with Gasteiger partial charge in [0.1, 0.15) is 11.5 Å². The average molecular weight is 335 g/mol. The minimum atomic E-state index is 0.0264. The molecule has 0 radical (unpaired) electrons. The second kappa shape index (κ2) is 5.96. The summed E-state index contributed by atoms with van der Waals surface area (Å²) in [5, 5.41) is 11.9. The van der Waals surface area contributed by atoms with Crippen molar-refractivity contribution in [1.82, 2.24) is 0 Å². The van der Waals surface area contributed by atoms with Crippen molar-refractivity contribution >= 4 is 21.8 Å². The van der Waals surface area contributed by atoms with Crippen molar-refractivity contribution < 1.29 is 9.94 Å². The normalized spacial score (nSPS) is 11.4. The van der Waals surface area contributed by atoms with Gasteiger partial charge in [-0.25, -0.2) is 0 Å². The van der Waals surface area contributed by atoms with Crippen molar-refractivity contribution in [2.24, 2.45) is 10.9 Å². The Labute approximate surface area is 126 Å². The van der Waals surface area contributed by atoms with Crippen LogP contribution in [0.5, 0.6) is 11.5 Å². The molecule has 20 heavy (non-hydrogen) atoms. The summed E-state index contributed by atoms with van der Waals surface area (Å²) in [7, 11) is 0. The molecule has 0 fully saturated rings. The van der Waals surface area contributed by atoms with E-state index in [1.165, 1.54) is 0 Å². The van der Waals surface area contributed by atoms with Crippen LogP contribution in [0.1, 0.15) is 16.7 Å². The standard InChI is InChI=1S/C15H15BrN2O2/c1-9-3-5-14(12(7-9)15(17)18-19)20-13-6-4-11(16)8-10(13)2/h3-8,19H,1-2H3,(H2,17,18). The van der Waals surface area contributed by atoms with E-state index in [1.54, 1.807) is 0 Å². The van der Waals surface area contributed by atoms with Crippen molar-refractivity contribution in [1.29, 1.82) is 0 Å². The van der Waals surface area contributed by atoms with Crippen LogP contribution in [0.3, 0.4) is 0 Å². The first-order chi connectivity index (χ1) is 9.51. The van der Waals surface area contributed by atoms with Crippen LogP contribution in [0.25, 0.3) is 0 Å². The van der Waals surface area contributed by atoms with Crippen LogP contribution >= 0.6 is 15.9 Å². The maximum Gasteiger partial charge on any atom is 0.173 e. The highest BCUT2D eigenvalue weighted by molar-refractivity contribution is 9.10. The Morgan fingerprint density at radius 2 is 1.85 bits per heavy atom. The zero-order valence-electron chi connectivity index (χ0n) is 11.2. The van der Waals surface area contributed by atoms with Crippen LogP contribution in [-0.4, -0.2) is 11.0 Å². The van der Waals surface area contributed by atoms with Crippen molar-refractivity contribution in [2.45, 2.75) is 13.8 Å². The van der Waals surface area contributed by atoms with Crippen LogP contribution in [0, 0.1) is 13.8 Å². The van der Waals surface area contributed by atoms with Crippen LogP contribution in [0.2, 0.25) is 0 Å². The first-order valence-corrected chi connectivity index (χ1v) is 6.83. The van der Waals surface area contributed by atoms with Gasteiger partial charge in [-0.3, -0.25) is 0 Å². The van der Waals surface area contributed by atoms with Gasteiger partial charge in [0.25, 0.3) is 0 Å². The Bertz CT molecular complexity index is 669. The van der Waals surface area contributed by atoms with E-state index in [4.69, 9.17) is 15.7 Å². The first-order valence-electron chi connectivity index (χ1n) is 6.04. The Morgan fingerprint density at radius 3 is 2.50 bits per heavy atom. The molecule has 2 aromatic carbocycles. The summed E-state index contributed by atoms with van der Waals surface area (Å²) in [6, 6.07) is 11.3. The number of nitrogens with two attached hydrogens (primary N) is 1. The highest BCUT2D eigenvalue weighted by Crippen LogP contribution is 2.30. The molecule has 0 spiro atoms. The molecule has 0 heterocycles. The van der Waals surface area contributed by atoms with E-state index in [2.05, 4.69) is 21.1 Å². The molecular weight excluding hydrogens is 320 g/mol. The molecule has 0 saturated heterocycles. The van der Waals surface area contributed by atoms with Gasteiger partial charge < -0.3 is 15.7 Å². The predicted molar refractivity (Wildman–Crippen MR) is 82.6 cm³/mol. The quantitative estimate of drug-likeness (QED) is 0.386. The lowest BCUT2D eigenvalue weighted by molar-refractivity contribution is 0.318. The van der Waals surface area contributed by atoms with Gasteiger partial charge in [-0.2, -0.15) is 0 Å². The van der Waals surface area contributed by atoms with Crippen LogP contribution in [-0.2, 0) is 0 Å². The Morgan fingerprint density at radius 1 is 1.15 bits per heavy atom. The van der Waals surface area contributed by atoms with Crippen molar-refractivity contribution in [3.8, 4) is 11.5 Å². The third-order valence-corrected chi connectivity index (χ3v) is 3.37. The monoisotopic (exact) mass is 334 g/mol. The molecule has 104 valence electrons. The smallest absolute Gasteiger partial charge is 0.173 e. The van der Waals surface area contributed by atoms with Crippen molar-refractivity contribution in [3.05, 3.63) is 57.6 Å². The van der Waals surface area contributed by atoms with Gasteiger partial charge in [-0.1, -0.05) is 32.7 Å². The third-order valence-electron chi connectivity index (χ3n) is 2.88. The Hall–Kier alpha value is -2.01. The molecule has 5 heteroatoms. The van der Waals surface area contributed by atoms with Gasteiger partial charge in [-0.05, 0) is 49.7 Å². The van der Waals surface area contributed by atoms with E-state index in [0.29, 0.717) is 11.3 Å². The van der Waals surface area contributed by atoms with Gasteiger partial charge >= 0.3 is 0 Å². The molecule has 4 nitrogen and oxygen atoms in total. The van der Waals surface area contributed by atoms with Crippen molar-refractivity contribution in [2.75, 3.05) is 0 Å². The lowest BCUT2D eigenvalue weighted by Gasteiger charge is -2.13. The third kappa shape index (κ3) is 3.11. The minimum Gasteiger partial charge on any atom is -0.456 e. The highest BCUT2D eigenvalue weighted by Gasteiger charge is 2.11. The topological polar surface area (TPSA) is 67.8 Å². The fourth-order valence-electron chi connectivity index (χ4n) is 1.83. The molecule has 0 aliphatic rings. The molecule has 0 saturated carbocycles. The molecule has 0 aromatic heterocycles. The number of benzene rings is 2. The Balaban J connectivity index is 2.43. The first kappa shape index (κ1) is 14.4. The highest BCUT2D eigenvalue weighted by atomic mass is 79.9. The summed E-state index contributed by atoms with van der Waals surface area (Å²) < 4.78 is 6.87. The van der Waals surface area contributed by atoms with E-state index in [1.807, 2.05) is 50.2 Å². The van der Waals surface area contributed by atoms with E-state index >= 15 is 0 Å². The zero-order valence-corrected chi connectivity index (χ0v) is 12.8. The van der Waals surface area contributed by atoms with Gasteiger partial charge in [-0.15, -0.1) is 0 Å². The maximum absolute atomic E-state index is 8.86. The van der Waals surface area contributed by atoms with Gasteiger partial charge in [0.2, 0.25) is 0 Å². The average Bonchev–Trinajstić information content (AvgIpc) is 2.42. The largest absolute Gasteiger partial charge is 0.456 e. The maximum atomic E-state index is 8.86. The molecule has 2 rings (SSSR count). The zero-order chi connectivity index (χ0) is 14.7. The number of hydrogen-bond donors (Lipinski definition) is 2. The molecule has 0 bridgehead atoms. The number of nitrogens with zero attached hydrogens (tertiary/aromatic N) is 1. The lowest BCUT2D eigenvalue weighted by atomic mass is 10.1. The molecule has 0 atom stereocenters. The summed E-state index contributed by atoms with van der Waals surface area (Å²) in [6.07, 6.45) is 0. The summed E-state index contributed by atoms with van der Waals surface area (Å²) in [4.78, 5) is 0. The van der Waals surface area contributed by atoms with Crippen LogP contribution in [0.15, 0.2) is 46.0 Å². The second-order valence-electron chi connectivity index (χ2n) is 4.50. The van der Waals surface area contributed by atoms with Gasteiger partial charge in [0, 0.05) is 4.47 Å². The number of oxime groups is 1. The molecular formula is C15H15BrN2O2. The molecule has 0 amide bonds. The predicted octanol–water partition coefficient (Wildman–Crippen LogP) is 3.95. The summed E-state index contributed by atoms with van der Waals surface area (Å²) in [5.74, 6) is 1.30. The van der Waals surface area contributed by atoms with Gasteiger partial charge in [0.05, 0.1) is 5.56 Å². The van der Waals surface area contributed by atoms with E-state index in [0.717, 1.165) is 21.3 Å². The number of ether oxygens (including phenoxy) is 1. The molecule has 0 aliphatic carbocycles. The number of hydrogen-bond acceptors (Lipinski definition) is 3. The fraction of sp³-hybridized carbons (Fsp3) is 0.133. The molecule has 0 unspecified atom stereocenters. The molecule has 3 N–H and O–H groups in total. The molecule has 0 aliphatic heterocycles. The second-order valence-corrected chi connectivity index (χ2v) is 5.41. The lowest BCUT2D eigenvalue weighted by Crippen LogP contribution is -2.14. The van der Waals surface area contributed by atoms with Gasteiger partial charge in [0.15, 0.2) is 5.84 Å². The van der Waals surface area contributed by atoms with Crippen LogP contribution in [0.4, 0.5) is 0 Å². The van der Waals surface area contributed by atoms with Crippen LogP contribution < -0.4 is 10.5 Å². The summed E-state index contributed by atoms with van der Waals surface area (Å²) >= 11 is 3.41. The SMILES string of the molecule is Cc1ccc(Oc2ccc(Br)cc2C)c(/C(N)=N/O)c1.